The van der Waals surface area contributed by atoms with Gasteiger partial charge in [0.15, 0.2) is 5.76 Å². The third-order valence-electron chi connectivity index (χ3n) is 4.13. The summed E-state index contributed by atoms with van der Waals surface area (Å²) in [5, 5.41) is 6.04. The van der Waals surface area contributed by atoms with Crippen LogP contribution >= 0.6 is 11.3 Å². The molecule has 4 rings (SSSR count). The molecule has 0 saturated carbocycles. The van der Waals surface area contributed by atoms with Crippen LogP contribution in [0.4, 0.5) is 5.69 Å². The molecule has 3 heterocycles. The summed E-state index contributed by atoms with van der Waals surface area (Å²) in [5.41, 5.74) is 2.93. The van der Waals surface area contributed by atoms with Gasteiger partial charge in [0.25, 0.3) is 0 Å². The average Bonchev–Trinajstić information content (AvgIpc) is 3.25. The van der Waals surface area contributed by atoms with Gasteiger partial charge in [-0.15, -0.1) is 11.3 Å². The normalized spacial score (nSPS) is 16.6. The van der Waals surface area contributed by atoms with Crippen molar-refractivity contribution in [1.29, 1.82) is 0 Å². The topological polar surface area (TPSA) is 46.3 Å². The lowest BCUT2D eigenvalue weighted by atomic mass is 10.1. The number of para-hydroxylation sites is 1. The number of hydrogen-bond acceptors (Lipinski definition) is 4. The van der Waals surface area contributed by atoms with Gasteiger partial charge < -0.3 is 9.42 Å². The molecule has 0 aliphatic carbocycles. The van der Waals surface area contributed by atoms with Gasteiger partial charge >= 0.3 is 0 Å². The van der Waals surface area contributed by atoms with Gasteiger partial charge in [0.05, 0.1) is 17.0 Å². The number of aromatic nitrogens is 1. The largest absolute Gasteiger partial charge is 0.355 e. The molecule has 1 aliphatic rings. The summed E-state index contributed by atoms with van der Waals surface area (Å²) in [5.74, 6) is 0.783. The molecule has 2 aromatic heterocycles. The number of carbonyl (C=O) groups is 1. The zero-order valence-corrected chi connectivity index (χ0v) is 13.5. The van der Waals surface area contributed by atoms with Crippen LogP contribution in [0.2, 0.25) is 0 Å². The molecule has 4 nitrogen and oxygen atoms in total. The molecule has 1 amide bonds. The van der Waals surface area contributed by atoms with E-state index in [2.05, 4.69) is 18.1 Å². The molecule has 0 spiro atoms. The lowest BCUT2D eigenvalue weighted by molar-refractivity contribution is -0.118. The van der Waals surface area contributed by atoms with Crippen molar-refractivity contribution in [2.45, 2.75) is 25.8 Å². The van der Waals surface area contributed by atoms with Crippen molar-refractivity contribution >= 4 is 22.9 Å². The molecule has 5 heteroatoms. The van der Waals surface area contributed by atoms with Gasteiger partial charge in [-0.25, -0.2) is 0 Å². The Morgan fingerprint density at radius 2 is 2.22 bits per heavy atom. The SMILES string of the molecule is C[C@@H]1Cc2ccccc2N1C(=O)Cc1cc(-c2cccs2)on1. The molecule has 0 unspecified atom stereocenters. The third kappa shape index (κ3) is 2.57. The monoisotopic (exact) mass is 324 g/mol. The predicted octanol–water partition coefficient (Wildman–Crippen LogP) is 3.92. The quantitative estimate of drug-likeness (QED) is 0.733. The van der Waals surface area contributed by atoms with E-state index < -0.39 is 0 Å². The van der Waals surface area contributed by atoms with Crippen molar-refractivity contribution in [1.82, 2.24) is 5.16 Å². The zero-order chi connectivity index (χ0) is 15.8. The van der Waals surface area contributed by atoms with E-state index in [0.717, 1.165) is 22.7 Å². The van der Waals surface area contributed by atoms with Crippen LogP contribution in [0.25, 0.3) is 10.6 Å². The van der Waals surface area contributed by atoms with E-state index in [4.69, 9.17) is 4.52 Å². The minimum Gasteiger partial charge on any atom is -0.355 e. The fourth-order valence-corrected chi connectivity index (χ4v) is 3.79. The molecule has 116 valence electrons. The van der Waals surface area contributed by atoms with Gasteiger partial charge in [-0.05, 0) is 36.4 Å². The van der Waals surface area contributed by atoms with Crippen LogP contribution < -0.4 is 4.90 Å². The van der Waals surface area contributed by atoms with Gasteiger partial charge in [0, 0.05) is 17.8 Å². The summed E-state index contributed by atoms with van der Waals surface area (Å²) < 4.78 is 5.36. The molecule has 0 radical (unpaired) electrons. The van der Waals surface area contributed by atoms with E-state index in [9.17, 15) is 4.79 Å². The first-order valence-electron chi connectivity index (χ1n) is 7.62. The number of fused-ring (bicyclic) bond motifs is 1. The van der Waals surface area contributed by atoms with E-state index in [0.29, 0.717) is 5.69 Å². The number of benzene rings is 1. The average molecular weight is 324 g/mol. The fourth-order valence-electron chi connectivity index (χ4n) is 3.12. The van der Waals surface area contributed by atoms with Crippen LogP contribution in [0.5, 0.6) is 0 Å². The van der Waals surface area contributed by atoms with Gasteiger partial charge in [0.2, 0.25) is 5.91 Å². The predicted molar refractivity (Wildman–Crippen MR) is 90.6 cm³/mol. The Morgan fingerprint density at radius 1 is 1.35 bits per heavy atom. The third-order valence-corrected chi connectivity index (χ3v) is 5.02. The molecule has 1 aliphatic heterocycles. The molecule has 0 N–H and O–H groups in total. The van der Waals surface area contributed by atoms with E-state index in [1.165, 1.54) is 5.56 Å². The summed E-state index contributed by atoms with van der Waals surface area (Å²) >= 11 is 1.60. The van der Waals surface area contributed by atoms with Crippen LogP contribution in [0.1, 0.15) is 18.2 Å². The Labute approximate surface area is 138 Å². The zero-order valence-electron chi connectivity index (χ0n) is 12.7. The second kappa shape index (κ2) is 5.66. The number of anilines is 1. The highest BCUT2D eigenvalue weighted by atomic mass is 32.1. The molecule has 1 atom stereocenters. The van der Waals surface area contributed by atoms with Crippen molar-refractivity contribution in [3.63, 3.8) is 0 Å². The summed E-state index contributed by atoms with van der Waals surface area (Å²) in [6.07, 6.45) is 1.16. The maximum absolute atomic E-state index is 12.7. The second-order valence-corrected chi connectivity index (χ2v) is 6.73. The maximum atomic E-state index is 12.7. The van der Waals surface area contributed by atoms with Crippen molar-refractivity contribution in [3.05, 3.63) is 59.1 Å². The first kappa shape index (κ1) is 14.2. The summed E-state index contributed by atoms with van der Waals surface area (Å²) in [6, 6.07) is 14.1. The Bertz CT molecular complexity index is 838. The van der Waals surface area contributed by atoms with E-state index in [-0.39, 0.29) is 18.4 Å². The van der Waals surface area contributed by atoms with E-state index >= 15 is 0 Å². The standard InChI is InChI=1S/C18H16N2O2S/c1-12-9-13-5-2-3-6-15(13)20(12)18(21)11-14-10-16(22-19-14)17-7-4-8-23-17/h2-8,10,12H,9,11H2,1H3/t12-/m1/s1. The molecule has 3 aromatic rings. The van der Waals surface area contributed by atoms with Crippen LogP contribution in [-0.4, -0.2) is 17.1 Å². The van der Waals surface area contributed by atoms with Crippen LogP contribution in [0.15, 0.2) is 52.4 Å². The molecular formula is C18H16N2O2S. The highest BCUT2D eigenvalue weighted by molar-refractivity contribution is 7.13. The van der Waals surface area contributed by atoms with Crippen molar-refractivity contribution in [2.24, 2.45) is 0 Å². The lowest BCUT2D eigenvalue weighted by Crippen LogP contribution is -2.36. The lowest BCUT2D eigenvalue weighted by Gasteiger charge is -2.22. The highest BCUT2D eigenvalue weighted by Crippen LogP contribution is 2.32. The minimum atomic E-state index is 0.0634. The summed E-state index contributed by atoms with van der Waals surface area (Å²) in [6.45, 7) is 2.08. The number of thiophene rings is 1. The van der Waals surface area contributed by atoms with Crippen LogP contribution in [0.3, 0.4) is 0 Å². The second-order valence-electron chi connectivity index (χ2n) is 5.78. The van der Waals surface area contributed by atoms with Crippen LogP contribution in [-0.2, 0) is 17.6 Å². The fraction of sp³-hybridized carbons (Fsp3) is 0.222. The molecular weight excluding hydrogens is 308 g/mol. The molecule has 0 fully saturated rings. The van der Waals surface area contributed by atoms with E-state index in [1.807, 2.05) is 46.7 Å². The van der Waals surface area contributed by atoms with Crippen molar-refractivity contribution < 1.29 is 9.32 Å². The number of carbonyl (C=O) groups excluding carboxylic acids is 1. The number of amides is 1. The Morgan fingerprint density at radius 3 is 3.04 bits per heavy atom. The van der Waals surface area contributed by atoms with Gasteiger partial charge in [-0.1, -0.05) is 29.4 Å². The van der Waals surface area contributed by atoms with Crippen LogP contribution in [0, 0.1) is 0 Å². The number of hydrogen-bond donors (Lipinski definition) is 0. The molecule has 23 heavy (non-hydrogen) atoms. The summed E-state index contributed by atoms with van der Waals surface area (Å²) in [4.78, 5) is 15.6. The summed E-state index contributed by atoms with van der Waals surface area (Å²) in [7, 11) is 0. The van der Waals surface area contributed by atoms with E-state index in [1.54, 1.807) is 11.3 Å². The Hall–Kier alpha value is -2.40. The first-order valence-corrected chi connectivity index (χ1v) is 8.50. The molecule has 1 aromatic carbocycles. The van der Waals surface area contributed by atoms with Gasteiger partial charge in [-0.3, -0.25) is 4.79 Å². The van der Waals surface area contributed by atoms with Gasteiger partial charge in [0.1, 0.15) is 0 Å². The van der Waals surface area contributed by atoms with Crippen molar-refractivity contribution in [2.75, 3.05) is 4.90 Å². The Kier molecular flexibility index (Phi) is 3.50. The highest BCUT2D eigenvalue weighted by Gasteiger charge is 2.30. The smallest absolute Gasteiger partial charge is 0.233 e. The molecule has 0 saturated heterocycles. The first-order chi connectivity index (χ1) is 11.2. The maximum Gasteiger partial charge on any atom is 0.233 e. The number of rotatable bonds is 3. The number of nitrogens with zero attached hydrogens (tertiary/aromatic N) is 2. The van der Waals surface area contributed by atoms with Gasteiger partial charge in [-0.2, -0.15) is 0 Å². The molecule has 0 bridgehead atoms. The Balaban J connectivity index is 1.55. The minimum absolute atomic E-state index is 0.0634. The van der Waals surface area contributed by atoms with Crippen molar-refractivity contribution in [3.8, 4) is 10.6 Å².